The van der Waals surface area contributed by atoms with Gasteiger partial charge >= 0.3 is 0 Å². The number of aromatic nitrogens is 3. The summed E-state index contributed by atoms with van der Waals surface area (Å²) < 4.78 is 3.69. The van der Waals surface area contributed by atoms with Gasteiger partial charge in [-0.3, -0.25) is 14.4 Å². The number of hydrogen-bond donors (Lipinski definition) is 0. The van der Waals surface area contributed by atoms with E-state index in [9.17, 15) is 14.4 Å². The van der Waals surface area contributed by atoms with E-state index in [4.69, 9.17) is 0 Å². The highest BCUT2D eigenvalue weighted by Crippen LogP contribution is 2.31. The van der Waals surface area contributed by atoms with E-state index in [1.54, 1.807) is 24.1 Å². The molecule has 7 heteroatoms. The van der Waals surface area contributed by atoms with E-state index in [0.29, 0.717) is 18.7 Å². The van der Waals surface area contributed by atoms with Crippen LogP contribution in [0.3, 0.4) is 0 Å². The highest BCUT2D eigenvalue weighted by molar-refractivity contribution is 5.94. The van der Waals surface area contributed by atoms with Crippen LogP contribution in [0.15, 0.2) is 21.7 Å². The lowest BCUT2D eigenvalue weighted by Gasteiger charge is -2.34. The third kappa shape index (κ3) is 2.99. The van der Waals surface area contributed by atoms with Crippen LogP contribution in [0, 0.1) is 13.8 Å². The Bertz CT molecular complexity index is 1070. The molecular weight excluding hydrogens is 356 g/mol. The highest BCUT2D eigenvalue weighted by atomic mass is 16.2. The first-order valence-electron chi connectivity index (χ1n) is 9.94. The number of piperidine rings is 1. The number of pyridine rings is 1. The van der Waals surface area contributed by atoms with Crippen LogP contribution in [0.4, 0.5) is 0 Å². The number of fused-ring (bicyclic) bond motifs is 1. The zero-order chi connectivity index (χ0) is 20.0. The molecule has 0 unspecified atom stereocenters. The number of likely N-dealkylation sites (tertiary alicyclic amines) is 1. The number of carbonyl (C=O) groups is 1. The van der Waals surface area contributed by atoms with Crippen LogP contribution >= 0.6 is 0 Å². The zero-order valence-corrected chi connectivity index (χ0v) is 16.7. The molecule has 28 heavy (non-hydrogen) atoms. The van der Waals surface area contributed by atoms with Gasteiger partial charge in [0.25, 0.3) is 17.0 Å². The summed E-state index contributed by atoms with van der Waals surface area (Å²) in [6.07, 6.45) is 3.61. The Labute approximate surface area is 163 Å². The molecule has 1 atom stereocenters. The summed E-state index contributed by atoms with van der Waals surface area (Å²) in [7, 11) is 1.68. The minimum Gasteiger partial charge on any atom is -0.338 e. The third-order valence-electron chi connectivity index (χ3n) is 6.20. The molecule has 2 aliphatic heterocycles. The third-order valence-corrected chi connectivity index (χ3v) is 6.20. The monoisotopic (exact) mass is 382 g/mol. The molecule has 0 spiro atoms. The predicted octanol–water partition coefficient (Wildman–Crippen LogP) is 1.52. The van der Waals surface area contributed by atoms with Gasteiger partial charge < -0.3 is 14.0 Å². The summed E-state index contributed by atoms with van der Waals surface area (Å²) in [4.78, 5) is 44.0. The van der Waals surface area contributed by atoms with E-state index >= 15 is 0 Å². The quantitative estimate of drug-likeness (QED) is 0.789. The van der Waals surface area contributed by atoms with Gasteiger partial charge in [-0.05, 0) is 45.2 Å². The average molecular weight is 382 g/mol. The molecule has 1 fully saturated rings. The SMILES string of the molecule is Cc1c([C@H]2CCCN(C(=O)c3ccc(C)n(C)c3=O)C2)n2c(nc1=O)CCC2. The normalized spacial score (nSPS) is 19.0. The molecule has 7 nitrogen and oxygen atoms in total. The van der Waals surface area contributed by atoms with E-state index in [1.165, 1.54) is 4.57 Å². The molecule has 4 heterocycles. The first-order valence-corrected chi connectivity index (χ1v) is 9.94. The van der Waals surface area contributed by atoms with Crippen molar-refractivity contribution in [1.82, 2.24) is 19.0 Å². The maximum absolute atomic E-state index is 13.1. The second-order valence-electron chi connectivity index (χ2n) is 7.94. The zero-order valence-electron chi connectivity index (χ0n) is 16.7. The van der Waals surface area contributed by atoms with Crippen LogP contribution in [0.5, 0.6) is 0 Å². The van der Waals surface area contributed by atoms with Crippen molar-refractivity contribution in [2.75, 3.05) is 13.1 Å². The summed E-state index contributed by atoms with van der Waals surface area (Å²) in [5.41, 5.74) is 2.34. The van der Waals surface area contributed by atoms with Crippen molar-refractivity contribution in [3.63, 3.8) is 0 Å². The molecule has 1 amide bonds. The maximum Gasteiger partial charge on any atom is 0.276 e. The van der Waals surface area contributed by atoms with Crippen LogP contribution in [0.25, 0.3) is 0 Å². The smallest absolute Gasteiger partial charge is 0.276 e. The van der Waals surface area contributed by atoms with E-state index in [1.807, 2.05) is 13.8 Å². The highest BCUT2D eigenvalue weighted by Gasteiger charge is 2.31. The van der Waals surface area contributed by atoms with Crippen LogP contribution in [-0.4, -0.2) is 38.0 Å². The van der Waals surface area contributed by atoms with Crippen molar-refractivity contribution in [1.29, 1.82) is 0 Å². The molecule has 2 aromatic rings. The van der Waals surface area contributed by atoms with Gasteiger partial charge in [0.1, 0.15) is 11.4 Å². The lowest BCUT2D eigenvalue weighted by Crippen LogP contribution is -2.43. The number of aryl methyl sites for hydroxylation is 2. The van der Waals surface area contributed by atoms with Crippen molar-refractivity contribution < 1.29 is 4.79 Å². The van der Waals surface area contributed by atoms with Crippen molar-refractivity contribution in [2.24, 2.45) is 7.05 Å². The molecule has 0 aliphatic carbocycles. The molecule has 2 aliphatic rings. The molecule has 0 bridgehead atoms. The fourth-order valence-corrected chi connectivity index (χ4v) is 4.52. The minimum atomic E-state index is -0.260. The summed E-state index contributed by atoms with van der Waals surface area (Å²) in [6, 6.07) is 3.43. The Hall–Kier alpha value is -2.70. The van der Waals surface area contributed by atoms with Crippen LogP contribution in [0.2, 0.25) is 0 Å². The lowest BCUT2D eigenvalue weighted by atomic mass is 9.91. The molecule has 1 saturated heterocycles. The molecule has 2 aromatic heterocycles. The second-order valence-corrected chi connectivity index (χ2v) is 7.94. The largest absolute Gasteiger partial charge is 0.338 e. The van der Waals surface area contributed by atoms with Crippen LogP contribution < -0.4 is 11.1 Å². The molecule has 4 rings (SSSR count). The number of hydrogen-bond acceptors (Lipinski definition) is 4. The number of carbonyl (C=O) groups excluding carboxylic acids is 1. The maximum atomic E-state index is 13.1. The van der Waals surface area contributed by atoms with Crippen molar-refractivity contribution >= 4 is 5.91 Å². The molecule has 0 aromatic carbocycles. The second kappa shape index (κ2) is 7.04. The van der Waals surface area contributed by atoms with E-state index < -0.39 is 0 Å². The van der Waals surface area contributed by atoms with Gasteiger partial charge in [0.2, 0.25) is 0 Å². The lowest BCUT2D eigenvalue weighted by molar-refractivity contribution is 0.0701. The first-order chi connectivity index (χ1) is 13.4. The van der Waals surface area contributed by atoms with Crippen LogP contribution in [0.1, 0.15) is 58.3 Å². The van der Waals surface area contributed by atoms with Gasteiger partial charge in [-0.2, -0.15) is 4.98 Å². The summed E-state index contributed by atoms with van der Waals surface area (Å²) in [5.74, 6) is 0.738. The van der Waals surface area contributed by atoms with Gasteiger partial charge in [-0.15, -0.1) is 0 Å². The molecule has 0 radical (unpaired) electrons. The number of rotatable bonds is 2. The minimum absolute atomic E-state index is 0.0968. The first kappa shape index (κ1) is 18.7. The topological polar surface area (TPSA) is 77.2 Å². The van der Waals surface area contributed by atoms with E-state index in [0.717, 1.165) is 49.4 Å². The van der Waals surface area contributed by atoms with Gasteiger partial charge in [0, 0.05) is 56.0 Å². The van der Waals surface area contributed by atoms with Gasteiger partial charge in [-0.25, -0.2) is 0 Å². The predicted molar refractivity (Wildman–Crippen MR) is 106 cm³/mol. The van der Waals surface area contributed by atoms with Crippen molar-refractivity contribution in [3.05, 3.63) is 61.2 Å². The Balaban J connectivity index is 1.67. The average Bonchev–Trinajstić information content (AvgIpc) is 3.14. The number of amides is 1. The standard InChI is InChI=1S/C21H26N4O3/c1-13-8-9-16(20(27)23(13)3)21(28)24-10-4-6-15(12-24)18-14(2)19(26)22-17-7-5-11-25(17)18/h8-9,15H,4-7,10-12H2,1-3H3/t15-/m0/s1. The van der Waals surface area contributed by atoms with Crippen molar-refractivity contribution in [3.8, 4) is 0 Å². The Morgan fingerprint density at radius 3 is 2.71 bits per heavy atom. The summed E-state index contributed by atoms with van der Waals surface area (Å²) in [6.45, 7) is 5.72. The van der Waals surface area contributed by atoms with Gasteiger partial charge in [0.15, 0.2) is 0 Å². The van der Waals surface area contributed by atoms with E-state index in [2.05, 4.69) is 9.55 Å². The Morgan fingerprint density at radius 2 is 1.93 bits per heavy atom. The van der Waals surface area contributed by atoms with Crippen LogP contribution in [-0.2, 0) is 20.0 Å². The van der Waals surface area contributed by atoms with Gasteiger partial charge in [-0.1, -0.05) is 0 Å². The molecule has 148 valence electrons. The van der Waals surface area contributed by atoms with Crippen molar-refractivity contribution in [2.45, 2.75) is 52.0 Å². The molecular formula is C21H26N4O3. The summed E-state index contributed by atoms with van der Waals surface area (Å²) in [5, 5.41) is 0. The molecule has 0 saturated carbocycles. The molecule has 0 N–H and O–H groups in total. The fourth-order valence-electron chi connectivity index (χ4n) is 4.52. The Morgan fingerprint density at radius 1 is 1.14 bits per heavy atom. The Kier molecular flexibility index (Phi) is 4.69. The number of nitrogens with zero attached hydrogens (tertiary/aromatic N) is 4. The van der Waals surface area contributed by atoms with Gasteiger partial charge in [0.05, 0.1) is 0 Å². The van der Waals surface area contributed by atoms with E-state index in [-0.39, 0.29) is 28.5 Å². The fraction of sp³-hybridized carbons (Fsp3) is 0.524. The summed E-state index contributed by atoms with van der Waals surface area (Å²) >= 11 is 0.